The molecule has 7 heteroatoms. The first-order valence-electron chi connectivity index (χ1n) is 8.18. The highest BCUT2D eigenvalue weighted by Crippen LogP contribution is 2.13. The maximum absolute atomic E-state index is 12.1. The molecule has 1 saturated heterocycles. The zero-order valence-corrected chi connectivity index (χ0v) is 14.2. The van der Waals surface area contributed by atoms with Crippen molar-refractivity contribution in [3.05, 3.63) is 27.1 Å². The van der Waals surface area contributed by atoms with E-state index >= 15 is 0 Å². The van der Waals surface area contributed by atoms with Crippen molar-refractivity contribution in [1.82, 2.24) is 15.2 Å². The molecule has 1 aromatic heterocycles. The zero-order valence-electron chi connectivity index (χ0n) is 13.5. The van der Waals surface area contributed by atoms with Crippen LogP contribution in [0.4, 0.5) is 0 Å². The highest BCUT2D eigenvalue weighted by Gasteiger charge is 2.17. The molecule has 128 valence electrons. The van der Waals surface area contributed by atoms with Gasteiger partial charge in [-0.25, -0.2) is 0 Å². The Hall–Kier alpha value is -1.53. The Balaban J connectivity index is 1.91. The first-order chi connectivity index (χ1) is 11.1. The van der Waals surface area contributed by atoms with Crippen molar-refractivity contribution in [1.29, 1.82) is 0 Å². The third-order valence-electron chi connectivity index (χ3n) is 3.89. The molecule has 23 heavy (non-hydrogen) atoms. The number of amides is 1. The Bertz CT molecular complexity index is 582. The second-order valence-corrected chi connectivity index (χ2v) is 6.06. The summed E-state index contributed by atoms with van der Waals surface area (Å²) < 4.78 is 5.37. The number of likely N-dealkylation sites (tertiary alicyclic amines) is 1. The maximum atomic E-state index is 12.1. The fourth-order valence-corrected chi connectivity index (χ4v) is 2.74. The molecule has 2 rings (SSSR count). The number of ether oxygens (including phenoxy) is 1. The van der Waals surface area contributed by atoms with E-state index in [1.54, 1.807) is 0 Å². The average Bonchev–Trinajstić information content (AvgIpc) is 3.05. The van der Waals surface area contributed by atoms with Gasteiger partial charge in [0.1, 0.15) is 10.7 Å². The van der Waals surface area contributed by atoms with E-state index in [4.69, 9.17) is 16.3 Å². The molecule has 1 aromatic rings. The molecule has 0 unspecified atom stereocenters. The number of carbonyl (C=O) groups excluding carboxylic acids is 1. The predicted octanol–water partition coefficient (Wildman–Crippen LogP) is 2.03. The number of nitrogens with one attached hydrogen (secondary N) is 2. The first kappa shape index (κ1) is 17.8. The average molecular weight is 342 g/mol. The van der Waals surface area contributed by atoms with Crippen molar-refractivity contribution in [3.63, 3.8) is 0 Å². The molecular formula is C16H24ClN3O3. The first-order valence-corrected chi connectivity index (χ1v) is 8.55. The van der Waals surface area contributed by atoms with Gasteiger partial charge < -0.3 is 19.9 Å². The van der Waals surface area contributed by atoms with Crippen LogP contribution in [0, 0.1) is 0 Å². The Morgan fingerprint density at radius 2 is 2.17 bits per heavy atom. The number of pyridine rings is 1. The molecule has 6 nitrogen and oxygen atoms in total. The molecule has 0 aliphatic carbocycles. The molecular weight excluding hydrogens is 318 g/mol. The molecule has 0 spiro atoms. The Labute approximate surface area is 141 Å². The number of hydrogen-bond acceptors (Lipinski definition) is 4. The number of H-pyrrole nitrogens is 1. The number of aromatic amines is 1. The van der Waals surface area contributed by atoms with Crippen molar-refractivity contribution in [2.45, 2.75) is 32.6 Å². The van der Waals surface area contributed by atoms with Gasteiger partial charge in [-0.05, 0) is 32.4 Å². The summed E-state index contributed by atoms with van der Waals surface area (Å²) in [5.74, 6) is -0.219. The fraction of sp³-hybridized carbons (Fsp3) is 0.625. The standard InChI is InChI=1S/C16H24ClN3O3/c1-2-3-10-23-12-11-19-14(13(17)15(12)21)16(22)18-6-9-20-7-4-5-8-20/h11H,2-10H2,1H3,(H,18,22)(H,19,21). The van der Waals surface area contributed by atoms with Gasteiger partial charge in [0, 0.05) is 19.3 Å². The maximum Gasteiger partial charge on any atom is 0.269 e. The van der Waals surface area contributed by atoms with Gasteiger partial charge in [-0.15, -0.1) is 0 Å². The van der Waals surface area contributed by atoms with E-state index in [0.717, 1.165) is 32.5 Å². The van der Waals surface area contributed by atoms with Gasteiger partial charge in [0.05, 0.1) is 6.61 Å². The number of halogens is 1. The van der Waals surface area contributed by atoms with E-state index in [1.165, 1.54) is 19.0 Å². The molecule has 2 heterocycles. The summed E-state index contributed by atoms with van der Waals surface area (Å²) in [6, 6.07) is 0. The van der Waals surface area contributed by atoms with Crippen LogP contribution in [0.3, 0.4) is 0 Å². The lowest BCUT2D eigenvalue weighted by atomic mass is 10.3. The monoisotopic (exact) mass is 341 g/mol. The van der Waals surface area contributed by atoms with Crippen molar-refractivity contribution in [3.8, 4) is 5.75 Å². The molecule has 2 N–H and O–H groups in total. The van der Waals surface area contributed by atoms with Gasteiger partial charge in [-0.2, -0.15) is 0 Å². The van der Waals surface area contributed by atoms with Gasteiger partial charge in [-0.1, -0.05) is 24.9 Å². The van der Waals surface area contributed by atoms with Gasteiger partial charge in [0.2, 0.25) is 5.43 Å². The summed E-state index contributed by atoms with van der Waals surface area (Å²) in [5.41, 5.74) is -0.368. The lowest BCUT2D eigenvalue weighted by molar-refractivity contribution is 0.0944. The molecule has 1 aliphatic rings. The van der Waals surface area contributed by atoms with Crippen molar-refractivity contribution < 1.29 is 9.53 Å². The van der Waals surface area contributed by atoms with Crippen LogP contribution in [0.5, 0.6) is 5.75 Å². The second kappa shape index (κ2) is 8.93. The highest BCUT2D eigenvalue weighted by molar-refractivity contribution is 6.33. The lowest BCUT2D eigenvalue weighted by Gasteiger charge is -2.15. The number of aromatic nitrogens is 1. The second-order valence-electron chi connectivity index (χ2n) is 5.68. The number of nitrogens with zero attached hydrogens (tertiary/aromatic N) is 1. The molecule has 1 aliphatic heterocycles. The Morgan fingerprint density at radius 1 is 1.43 bits per heavy atom. The number of carbonyl (C=O) groups is 1. The normalized spacial score (nSPS) is 14.9. The third-order valence-corrected chi connectivity index (χ3v) is 4.25. The van der Waals surface area contributed by atoms with E-state index in [9.17, 15) is 9.59 Å². The lowest BCUT2D eigenvalue weighted by Crippen LogP contribution is -2.34. The van der Waals surface area contributed by atoms with E-state index in [0.29, 0.717) is 13.2 Å². The molecule has 0 atom stereocenters. The van der Waals surface area contributed by atoms with E-state index in [-0.39, 0.29) is 22.4 Å². The molecule has 0 bridgehead atoms. The molecule has 1 fully saturated rings. The quantitative estimate of drug-likeness (QED) is 0.709. The SMILES string of the molecule is CCCCOc1c[nH]c(C(=O)NCCN2CCCC2)c(Cl)c1=O. The smallest absolute Gasteiger partial charge is 0.269 e. The number of rotatable bonds is 8. The fourth-order valence-electron chi connectivity index (χ4n) is 2.51. The Kier molecular flexibility index (Phi) is 6.92. The molecule has 0 saturated carbocycles. The summed E-state index contributed by atoms with van der Waals surface area (Å²) in [6.45, 7) is 6.00. The van der Waals surface area contributed by atoms with Crippen molar-refractivity contribution in [2.24, 2.45) is 0 Å². The highest BCUT2D eigenvalue weighted by atomic mass is 35.5. The number of hydrogen-bond donors (Lipinski definition) is 2. The molecule has 0 radical (unpaired) electrons. The van der Waals surface area contributed by atoms with E-state index in [2.05, 4.69) is 15.2 Å². The summed E-state index contributed by atoms with van der Waals surface area (Å²) in [6.07, 6.45) is 5.66. The van der Waals surface area contributed by atoms with E-state index in [1.807, 2.05) is 6.92 Å². The predicted molar refractivity (Wildman–Crippen MR) is 90.5 cm³/mol. The number of unbranched alkanes of at least 4 members (excludes halogenated alkanes) is 1. The molecule has 0 aromatic carbocycles. The van der Waals surface area contributed by atoms with Crippen LogP contribution >= 0.6 is 11.6 Å². The van der Waals surface area contributed by atoms with Crippen LogP contribution in [0.25, 0.3) is 0 Å². The van der Waals surface area contributed by atoms with Gasteiger partial charge >= 0.3 is 0 Å². The van der Waals surface area contributed by atoms with Crippen LogP contribution in [0.1, 0.15) is 43.1 Å². The van der Waals surface area contributed by atoms with Gasteiger partial charge in [0.25, 0.3) is 5.91 Å². The summed E-state index contributed by atoms with van der Waals surface area (Å²) >= 11 is 6.02. The minimum atomic E-state index is -0.453. The van der Waals surface area contributed by atoms with Crippen LogP contribution in [0.15, 0.2) is 11.0 Å². The topological polar surface area (TPSA) is 74.4 Å². The van der Waals surface area contributed by atoms with Crippen LogP contribution < -0.4 is 15.5 Å². The minimum Gasteiger partial charge on any atom is -0.488 e. The third kappa shape index (κ3) is 4.97. The van der Waals surface area contributed by atoms with Crippen LogP contribution in [-0.2, 0) is 0 Å². The van der Waals surface area contributed by atoms with Gasteiger partial charge in [-0.3, -0.25) is 9.59 Å². The summed E-state index contributed by atoms with van der Waals surface area (Å²) in [4.78, 5) is 29.3. The summed E-state index contributed by atoms with van der Waals surface area (Å²) in [5, 5.41) is 2.66. The van der Waals surface area contributed by atoms with Gasteiger partial charge in [0.15, 0.2) is 5.75 Å². The molecule has 1 amide bonds. The largest absolute Gasteiger partial charge is 0.488 e. The summed E-state index contributed by atoms with van der Waals surface area (Å²) in [7, 11) is 0. The van der Waals surface area contributed by atoms with Crippen LogP contribution in [-0.4, -0.2) is 48.6 Å². The zero-order chi connectivity index (χ0) is 16.7. The van der Waals surface area contributed by atoms with Crippen molar-refractivity contribution in [2.75, 3.05) is 32.8 Å². The van der Waals surface area contributed by atoms with Crippen LogP contribution in [0.2, 0.25) is 5.02 Å². The van der Waals surface area contributed by atoms with E-state index < -0.39 is 5.43 Å². The van der Waals surface area contributed by atoms with Crippen molar-refractivity contribution >= 4 is 17.5 Å². The Morgan fingerprint density at radius 3 is 2.87 bits per heavy atom. The minimum absolute atomic E-state index is 0.0842.